The van der Waals surface area contributed by atoms with Crippen molar-refractivity contribution in [2.24, 2.45) is 14.1 Å². The zero-order chi connectivity index (χ0) is 18.8. The molecule has 3 aromatic rings. The van der Waals surface area contributed by atoms with Crippen molar-refractivity contribution < 1.29 is 9.90 Å². The fourth-order valence-electron chi connectivity index (χ4n) is 2.96. The number of hydrogen-bond acceptors (Lipinski definition) is 6. The Morgan fingerprint density at radius 2 is 2.04 bits per heavy atom. The predicted molar refractivity (Wildman–Crippen MR) is 98.8 cm³/mol. The fourth-order valence-corrected chi connectivity index (χ4v) is 3.59. The lowest BCUT2D eigenvalue weighted by atomic mass is 10.1. The third kappa shape index (κ3) is 3.40. The summed E-state index contributed by atoms with van der Waals surface area (Å²) in [6, 6.07) is 1.78. The molecule has 9 heteroatoms. The van der Waals surface area contributed by atoms with E-state index in [0.29, 0.717) is 12.2 Å². The molecule has 3 heterocycles. The quantitative estimate of drug-likeness (QED) is 0.707. The van der Waals surface area contributed by atoms with E-state index in [1.165, 1.54) is 11.3 Å². The van der Waals surface area contributed by atoms with E-state index in [-0.39, 0.29) is 19.1 Å². The van der Waals surface area contributed by atoms with E-state index in [1.807, 2.05) is 26.3 Å². The Morgan fingerprint density at radius 3 is 2.62 bits per heavy atom. The Morgan fingerprint density at radius 1 is 1.27 bits per heavy atom. The molecule has 0 saturated heterocycles. The van der Waals surface area contributed by atoms with Crippen molar-refractivity contribution in [3.63, 3.8) is 0 Å². The van der Waals surface area contributed by atoms with Gasteiger partial charge in [0, 0.05) is 43.5 Å². The van der Waals surface area contributed by atoms with Gasteiger partial charge in [-0.15, -0.1) is 11.3 Å². The molecule has 0 unspecified atom stereocenters. The van der Waals surface area contributed by atoms with Gasteiger partial charge in [0.15, 0.2) is 0 Å². The SMILES string of the molecule is Cc1nn(C)c(C)c1-c1cc(C(=O)N(CCO)Cc2nccs2)n(C)n1. The largest absolute Gasteiger partial charge is 0.395 e. The van der Waals surface area contributed by atoms with Crippen molar-refractivity contribution in [2.75, 3.05) is 13.2 Å². The lowest BCUT2D eigenvalue weighted by molar-refractivity contribution is 0.0696. The molecule has 0 radical (unpaired) electrons. The molecule has 1 amide bonds. The van der Waals surface area contributed by atoms with Crippen LogP contribution in [0.3, 0.4) is 0 Å². The maximum Gasteiger partial charge on any atom is 0.272 e. The van der Waals surface area contributed by atoms with Crippen molar-refractivity contribution in [2.45, 2.75) is 20.4 Å². The van der Waals surface area contributed by atoms with Gasteiger partial charge in [-0.3, -0.25) is 14.2 Å². The molecular formula is C17H22N6O2S. The van der Waals surface area contributed by atoms with Crippen molar-refractivity contribution in [3.8, 4) is 11.3 Å². The highest BCUT2D eigenvalue weighted by Crippen LogP contribution is 2.26. The smallest absolute Gasteiger partial charge is 0.272 e. The van der Waals surface area contributed by atoms with E-state index in [4.69, 9.17) is 0 Å². The van der Waals surface area contributed by atoms with Crippen LogP contribution in [0, 0.1) is 13.8 Å². The van der Waals surface area contributed by atoms with Gasteiger partial charge < -0.3 is 10.0 Å². The van der Waals surface area contributed by atoms with Crippen LogP contribution in [0.2, 0.25) is 0 Å². The minimum Gasteiger partial charge on any atom is -0.395 e. The molecule has 3 rings (SSSR count). The first-order valence-corrected chi connectivity index (χ1v) is 9.13. The molecule has 1 N–H and O–H groups in total. The number of aliphatic hydroxyl groups is 1. The second-order valence-electron chi connectivity index (χ2n) is 6.08. The van der Waals surface area contributed by atoms with E-state index < -0.39 is 0 Å². The highest BCUT2D eigenvalue weighted by Gasteiger charge is 2.23. The summed E-state index contributed by atoms with van der Waals surface area (Å²) in [6.45, 7) is 4.40. The predicted octanol–water partition coefficient (Wildman–Crippen LogP) is 1.53. The van der Waals surface area contributed by atoms with Gasteiger partial charge in [0.2, 0.25) is 0 Å². The Hall–Kier alpha value is -2.52. The molecule has 138 valence electrons. The molecule has 0 aliphatic rings. The molecule has 8 nitrogen and oxygen atoms in total. The summed E-state index contributed by atoms with van der Waals surface area (Å²) in [5.74, 6) is -0.185. The molecule has 0 spiro atoms. The second-order valence-corrected chi connectivity index (χ2v) is 7.06. The molecule has 0 saturated carbocycles. The first-order valence-electron chi connectivity index (χ1n) is 8.25. The molecule has 0 aliphatic heterocycles. The summed E-state index contributed by atoms with van der Waals surface area (Å²) >= 11 is 1.48. The molecular weight excluding hydrogens is 352 g/mol. The van der Waals surface area contributed by atoms with Crippen molar-refractivity contribution in [1.29, 1.82) is 0 Å². The summed E-state index contributed by atoms with van der Waals surface area (Å²) < 4.78 is 3.39. The van der Waals surface area contributed by atoms with Gasteiger partial charge in [-0.25, -0.2) is 4.98 Å². The van der Waals surface area contributed by atoms with Gasteiger partial charge in [0.1, 0.15) is 10.7 Å². The maximum absolute atomic E-state index is 13.0. The van der Waals surface area contributed by atoms with Crippen LogP contribution >= 0.6 is 11.3 Å². The highest BCUT2D eigenvalue weighted by atomic mass is 32.1. The van der Waals surface area contributed by atoms with E-state index in [1.54, 1.807) is 33.6 Å². The number of aromatic nitrogens is 5. The lowest BCUT2D eigenvalue weighted by Crippen LogP contribution is -2.34. The number of carbonyl (C=O) groups is 1. The second kappa shape index (κ2) is 7.38. The number of aryl methyl sites for hydroxylation is 3. The minimum absolute atomic E-state index is 0.108. The normalized spacial score (nSPS) is 11.1. The number of hydrogen-bond donors (Lipinski definition) is 1. The third-order valence-electron chi connectivity index (χ3n) is 4.33. The van der Waals surface area contributed by atoms with Gasteiger partial charge in [0.25, 0.3) is 5.91 Å². The monoisotopic (exact) mass is 374 g/mol. The van der Waals surface area contributed by atoms with Crippen LogP contribution in [0.4, 0.5) is 0 Å². The topological polar surface area (TPSA) is 89.1 Å². The average Bonchev–Trinajstić information content (AvgIpc) is 3.28. The van der Waals surface area contributed by atoms with E-state index in [2.05, 4.69) is 15.2 Å². The van der Waals surface area contributed by atoms with Gasteiger partial charge in [-0.1, -0.05) is 0 Å². The van der Waals surface area contributed by atoms with Crippen LogP contribution in [-0.2, 0) is 20.6 Å². The molecule has 0 atom stereocenters. The maximum atomic E-state index is 13.0. The minimum atomic E-state index is -0.185. The number of thiazole rings is 1. The van der Waals surface area contributed by atoms with Gasteiger partial charge in [-0.05, 0) is 19.9 Å². The van der Waals surface area contributed by atoms with E-state index in [0.717, 1.165) is 27.7 Å². The van der Waals surface area contributed by atoms with Gasteiger partial charge in [0.05, 0.1) is 24.5 Å². The van der Waals surface area contributed by atoms with E-state index >= 15 is 0 Å². The summed E-state index contributed by atoms with van der Waals surface area (Å²) in [5.41, 5.74) is 3.99. The Bertz CT molecular complexity index is 912. The molecule has 0 aliphatic carbocycles. The summed E-state index contributed by atoms with van der Waals surface area (Å²) in [4.78, 5) is 18.8. The van der Waals surface area contributed by atoms with E-state index in [9.17, 15) is 9.90 Å². The third-order valence-corrected chi connectivity index (χ3v) is 5.10. The molecule has 26 heavy (non-hydrogen) atoms. The van der Waals surface area contributed by atoms with Crippen LogP contribution < -0.4 is 0 Å². The lowest BCUT2D eigenvalue weighted by Gasteiger charge is -2.20. The van der Waals surface area contributed by atoms with Crippen molar-refractivity contribution in [3.05, 3.63) is 39.7 Å². The van der Waals surface area contributed by atoms with Crippen molar-refractivity contribution >= 4 is 17.2 Å². The van der Waals surface area contributed by atoms with Gasteiger partial charge >= 0.3 is 0 Å². The molecule has 0 bridgehead atoms. The van der Waals surface area contributed by atoms with Crippen molar-refractivity contribution in [1.82, 2.24) is 29.4 Å². The summed E-state index contributed by atoms with van der Waals surface area (Å²) in [5, 5.41) is 21.0. The van der Waals surface area contributed by atoms with Crippen LogP contribution in [0.15, 0.2) is 17.6 Å². The molecule has 0 fully saturated rings. The highest BCUT2D eigenvalue weighted by molar-refractivity contribution is 7.09. The number of carbonyl (C=O) groups excluding carboxylic acids is 1. The first kappa shape index (κ1) is 18.3. The average molecular weight is 374 g/mol. The fraction of sp³-hybridized carbons (Fsp3) is 0.412. The first-order chi connectivity index (χ1) is 12.4. The number of nitrogens with zero attached hydrogens (tertiary/aromatic N) is 6. The standard InChI is InChI=1S/C17H22N6O2S/c1-11-16(12(2)21(3)19-11)13-9-14(22(4)20-13)17(25)23(6-7-24)10-15-18-5-8-26-15/h5,8-9,24H,6-7,10H2,1-4H3. The zero-order valence-electron chi connectivity index (χ0n) is 15.3. The molecule has 3 aromatic heterocycles. The van der Waals surface area contributed by atoms with Crippen LogP contribution in [0.1, 0.15) is 26.9 Å². The summed E-state index contributed by atoms with van der Waals surface area (Å²) in [6.07, 6.45) is 1.71. The number of amides is 1. The van der Waals surface area contributed by atoms with Gasteiger partial charge in [-0.2, -0.15) is 10.2 Å². The molecule has 0 aromatic carbocycles. The number of aliphatic hydroxyl groups excluding tert-OH is 1. The number of rotatable bonds is 6. The van der Waals surface area contributed by atoms with Crippen LogP contribution in [-0.4, -0.2) is 53.6 Å². The Balaban J connectivity index is 1.92. The summed E-state index contributed by atoms with van der Waals surface area (Å²) in [7, 11) is 3.64. The zero-order valence-corrected chi connectivity index (χ0v) is 16.1. The Labute approximate surface area is 155 Å². The van der Waals surface area contributed by atoms with Crippen LogP contribution in [0.25, 0.3) is 11.3 Å². The Kier molecular flexibility index (Phi) is 5.19. The van der Waals surface area contributed by atoms with Crippen LogP contribution in [0.5, 0.6) is 0 Å².